The summed E-state index contributed by atoms with van der Waals surface area (Å²) in [5, 5.41) is 12.5. The fraction of sp³-hybridized carbons (Fsp3) is 0.917. The van der Waals surface area contributed by atoms with Gasteiger partial charge in [-0.3, -0.25) is 10.2 Å². The molecule has 0 spiro atoms. The van der Waals surface area contributed by atoms with E-state index in [0.717, 1.165) is 26.2 Å². The lowest BCUT2D eigenvalue weighted by Gasteiger charge is -2.38. The van der Waals surface area contributed by atoms with Crippen LogP contribution in [0.25, 0.3) is 0 Å². The van der Waals surface area contributed by atoms with Crippen LogP contribution in [-0.4, -0.2) is 61.2 Å². The summed E-state index contributed by atoms with van der Waals surface area (Å²) in [5.74, 6) is 0. The molecule has 1 saturated heterocycles. The van der Waals surface area contributed by atoms with Gasteiger partial charge in [0.25, 0.3) is 0 Å². The molecule has 0 radical (unpaired) electrons. The number of rotatable bonds is 4. The molecular weight excluding hydrogens is 200 g/mol. The third-order valence-electron chi connectivity index (χ3n) is 3.65. The summed E-state index contributed by atoms with van der Waals surface area (Å²) in [6, 6.07) is 3.62. The van der Waals surface area contributed by atoms with Gasteiger partial charge in [-0.15, -0.1) is 0 Å². The highest BCUT2D eigenvalue weighted by Crippen LogP contribution is 2.19. The molecule has 0 aromatic rings. The molecule has 0 aromatic carbocycles. The van der Waals surface area contributed by atoms with Crippen molar-refractivity contribution in [1.82, 2.24) is 15.1 Å². The first-order chi connectivity index (χ1) is 7.69. The van der Waals surface area contributed by atoms with E-state index >= 15 is 0 Å². The van der Waals surface area contributed by atoms with Crippen molar-refractivity contribution >= 4 is 0 Å². The summed E-state index contributed by atoms with van der Waals surface area (Å²) in [4.78, 5) is 4.79. The van der Waals surface area contributed by atoms with Gasteiger partial charge in [-0.1, -0.05) is 0 Å². The quantitative estimate of drug-likeness (QED) is 0.741. The van der Waals surface area contributed by atoms with Crippen molar-refractivity contribution in [3.05, 3.63) is 0 Å². The Morgan fingerprint density at radius 3 is 2.75 bits per heavy atom. The highest BCUT2D eigenvalue weighted by atomic mass is 15.3. The topological polar surface area (TPSA) is 42.3 Å². The lowest BCUT2D eigenvalue weighted by atomic mass is 10.2. The van der Waals surface area contributed by atoms with Crippen LogP contribution in [0.1, 0.15) is 19.8 Å². The summed E-state index contributed by atoms with van der Waals surface area (Å²) in [6.07, 6.45) is 2.49. The second-order valence-electron chi connectivity index (χ2n) is 5.21. The normalized spacial score (nSPS) is 29.9. The van der Waals surface area contributed by atoms with Crippen LogP contribution in [0.5, 0.6) is 0 Å². The lowest BCUT2D eigenvalue weighted by molar-refractivity contribution is 0.101. The van der Waals surface area contributed by atoms with Crippen LogP contribution in [0.15, 0.2) is 0 Å². The van der Waals surface area contributed by atoms with Gasteiger partial charge in [0.2, 0.25) is 0 Å². The molecule has 2 unspecified atom stereocenters. The largest absolute Gasteiger partial charge is 0.301 e. The average Bonchev–Trinajstić information content (AvgIpc) is 3.06. The number of nitriles is 1. The van der Waals surface area contributed by atoms with E-state index in [0.29, 0.717) is 12.1 Å². The lowest BCUT2D eigenvalue weighted by Crippen LogP contribution is -2.53. The summed E-state index contributed by atoms with van der Waals surface area (Å²) < 4.78 is 0. The van der Waals surface area contributed by atoms with E-state index in [4.69, 9.17) is 5.26 Å². The van der Waals surface area contributed by atoms with Crippen molar-refractivity contribution in [2.24, 2.45) is 0 Å². The maximum atomic E-state index is 9.10. The molecule has 1 saturated carbocycles. The monoisotopic (exact) mass is 222 g/mol. The van der Waals surface area contributed by atoms with E-state index in [-0.39, 0.29) is 6.04 Å². The molecular formula is C12H22N4. The Morgan fingerprint density at radius 1 is 1.44 bits per heavy atom. The molecule has 2 atom stereocenters. The third kappa shape index (κ3) is 3.18. The molecule has 90 valence electrons. The molecule has 1 N–H and O–H groups in total. The molecule has 0 aromatic heterocycles. The van der Waals surface area contributed by atoms with Gasteiger partial charge < -0.3 is 4.90 Å². The summed E-state index contributed by atoms with van der Waals surface area (Å²) in [6.45, 7) is 6.42. The second-order valence-corrected chi connectivity index (χ2v) is 5.21. The molecule has 0 bridgehead atoms. The van der Waals surface area contributed by atoms with Gasteiger partial charge in [-0.25, -0.2) is 0 Å². The van der Waals surface area contributed by atoms with Crippen LogP contribution < -0.4 is 5.32 Å². The van der Waals surface area contributed by atoms with Crippen molar-refractivity contribution < 1.29 is 0 Å². The van der Waals surface area contributed by atoms with E-state index in [1.807, 2.05) is 0 Å². The highest BCUT2D eigenvalue weighted by Gasteiger charge is 2.27. The fourth-order valence-corrected chi connectivity index (χ4v) is 2.21. The van der Waals surface area contributed by atoms with Crippen LogP contribution in [0, 0.1) is 11.3 Å². The first-order valence-corrected chi connectivity index (χ1v) is 6.27. The minimum Gasteiger partial charge on any atom is -0.301 e. The zero-order chi connectivity index (χ0) is 11.5. The van der Waals surface area contributed by atoms with Crippen molar-refractivity contribution in [2.45, 2.75) is 37.9 Å². The Morgan fingerprint density at radius 2 is 2.19 bits per heavy atom. The summed E-state index contributed by atoms with van der Waals surface area (Å²) >= 11 is 0. The maximum absolute atomic E-state index is 9.10. The zero-order valence-corrected chi connectivity index (χ0v) is 10.3. The van der Waals surface area contributed by atoms with Crippen molar-refractivity contribution in [3.8, 4) is 6.07 Å². The standard InChI is InChI=1S/C12H22N4/c1-10-8-16(6-5-15(10)2)9-12(7-13)14-11-3-4-11/h10-12,14H,3-6,8-9H2,1-2H3. The van der Waals surface area contributed by atoms with Gasteiger partial charge >= 0.3 is 0 Å². The third-order valence-corrected chi connectivity index (χ3v) is 3.65. The Hall–Kier alpha value is -0.630. The van der Waals surface area contributed by atoms with Gasteiger partial charge in [0.15, 0.2) is 0 Å². The average molecular weight is 222 g/mol. The van der Waals surface area contributed by atoms with Crippen LogP contribution >= 0.6 is 0 Å². The predicted octanol–water partition coefficient (Wildman–Crippen LogP) is 0.266. The summed E-state index contributed by atoms with van der Waals surface area (Å²) in [5.41, 5.74) is 0. The zero-order valence-electron chi connectivity index (χ0n) is 10.3. The molecule has 4 nitrogen and oxygen atoms in total. The number of piperazine rings is 1. The van der Waals surface area contributed by atoms with Crippen LogP contribution in [0.2, 0.25) is 0 Å². The van der Waals surface area contributed by atoms with E-state index in [9.17, 15) is 0 Å². The molecule has 1 aliphatic heterocycles. The Balaban J connectivity index is 1.77. The number of hydrogen-bond acceptors (Lipinski definition) is 4. The molecule has 16 heavy (non-hydrogen) atoms. The number of nitrogens with one attached hydrogen (secondary N) is 1. The maximum Gasteiger partial charge on any atom is 0.108 e. The Bertz CT molecular complexity index is 269. The number of nitrogens with zero attached hydrogens (tertiary/aromatic N) is 3. The molecule has 2 aliphatic rings. The SMILES string of the molecule is CC1CN(CC(C#N)NC2CC2)CCN1C. The first-order valence-electron chi connectivity index (χ1n) is 6.27. The second kappa shape index (κ2) is 5.13. The minimum absolute atomic E-state index is 0.0168. The van der Waals surface area contributed by atoms with Crippen molar-refractivity contribution in [2.75, 3.05) is 33.2 Å². The molecule has 1 aliphatic carbocycles. The van der Waals surface area contributed by atoms with E-state index < -0.39 is 0 Å². The van der Waals surface area contributed by atoms with E-state index in [2.05, 4.69) is 35.2 Å². The predicted molar refractivity (Wildman–Crippen MR) is 64.1 cm³/mol. The van der Waals surface area contributed by atoms with Gasteiger partial charge in [0.1, 0.15) is 6.04 Å². The van der Waals surface area contributed by atoms with E-state index in [1.54, 1.807) is 0 Å². The van der Waals surface area contributed by atoms with Crippen molar-refractivity contribution in [3.63, 3.8) is 0 Å². The van der Waals surface area contributed by atoms with Crippen LogP contribution in [0.4, 0.5) is 0 Å². The minimum atomic E-state index is 0.0168. The van der Waals surface area contributed by atoms with Gasteiger partial charge in [-0.05, 0) is 26.8 Å². The number of likely N-dealkylation sites (N-methyl/N-ethyl adjacent to an activating group) is 1. The molecule has 2 rings (SSSR count). The molecule has 1 heterocycles. The van der Waals surface area contributed by atoms with Crippen LogP contribution in [0.3, 0.4) is 0 Å². The highest BCUT2D eigenvalue weighted by molar-refractivity contribution is 4.98. The smallest absolute Gasteiger partial charge is 0.108 e. The Labute approximate surface area is 98.2 Å². The van der Waals surface area contributed by atoms with Gasteiger partial charge in [-0.2, -0.15) is 5.26 Å². The molecule has 4 heteroatoms. The summed E-state index contributed by atoms with van der Waals surface area (Å²) in [7, 11) is 2.17. The van der Waals surface area contributed by atoms with Gasteiger partial charge in [0.05, 0.1) is 6.07 Å². The molecule has 2 fully saturated rings. The van der Waals surface area contributed by atoms with E-state index in [1.165, 1.54) is 12.8 Å². The number of hydrogen-bond donors (Lipinski definition) is 1. The fourth-order valence-electron chi connectivity index (χ4n) is 2.21. The first kappa shape index (κ1) is 11.8. The van der Waals surface area contributed by atoms with Gasteiger partial charge in [0, 0.05) is 38.3 Å². The molecule has 0 amide bonds. The van der Waals surface area contributed by atoms with Crippen molar-refractivity contribution in [1.29, 1.82) is 5.26 Å². The van der Waals surface area contributed by atoms with Crippen LogP contribution in [-0.2, 0) is 0 Å². The Kier molecular flexibility index (Phi) is 3.80.